The van der Waals surface area contributed by atoms with Crippen LogP contribution >= 0.6 is 22.7 Å². The molecule has 0 aliphatic rings. The molecule has 1 amide bonds. The number of methoxy groups -OCH3 is 2. The molecule has 0 saturated carbocycles. The second kappa shape index (κ2) is 7.91. The van der Waals surface area contributed by atoms with E-state index in [9.17, 15) is 4.79 Å². The Labute approximate surface area is 152 Å². The van der Waals surface area contributed by atoms with Crippen molar-refractivity contribution in [2.75, 3.05) is 19.5 Å². The molecule has 1 aromatic carbocycles. The fraction of sp³-hybridized carbons (Fsp3) is 0.118. The molecule has 1 N–H and O–H groups in total. The monoisotopic (exact) mass is 373 g/mol. The van der Waals surface area contributed by atoms with Crippen LogP contribution in [-0.2, 0) is 4.79 Å². The maximum Gasteiger partial charge on any atom is 0.250 e. The van der Waals surface area contributed by atoms with E-state index in [1.807, 2.05) is 23.6 Å². The van der Waals surface area contributed by atoms with Gasteiger partial charge in [-0.25, -0.2) is 0 Å². The Bertz CT molecular complexity index is 888. The topological polar surface area (TPSA) is 73.3 Å². The van der Waals surface area contributed by atoms with Gasteiger partial charge in [0, 0.05) is 17.7 Å². The number of thiophene rings is 1. The Kier molecular flexibility index (Phi) is 5.42. The number of carbonyl (C=O) groups excluding carboxylic acids is 1. The molecule has 0 fully saturated rings. The van der Waals surface area contributed by atoms with E-state index in [-0.39, 0.29) is 5.91 Å². The van der Waals surface area contributed by atoms with E-state index >= 15 is 0 Å². The van der Waals surface area contributed by atoms with Crippen molar-refractivity contribution in [1.29, 1.82) is 0 Å². The lowest BCUT2D eigenvalue weighted by Crippen LogP contribution is -2.07. The maximum absolute atomic E-state index is 12.1. The molecular formula is C17H15N3O3S2. The van der Waals surface area contributed by atoms with Crippen molar-refractivity contribution >= 4 is 39.8 Å². The van der Waals surface area contributed by atoms with Crippen LogP contribution < -0.4 is 14.8 Å². The number of rotatable bonds is 6. The summed E-state index contributed by atoms with van der Waals surface area (Å²) < 4.78 is 10.5. The lowest BCUT2D eigenvalue weighted by atomic mass is 10.1. The van der Waals surface area contributed by atoms with Gasteiger partial charge in [0.25, 0.3) is 0 Å². The molecule has 25 heavy (non-hydrogen) atoms. The summed E-state index contributed by atoms with van der Waals surface area (Å²) in [6.07, 6.45) is 3.10. The molecule has 2 heterocycles. The molecule has 6 nitrogen and oxygen atoms in total. The molecule has 128 valence electrons. The largest absolute Gasteiger partial charge is 0.497 e. The van der Waals surface area contributed by atoms with Gasteiger partial charge in [0.05, 0.1) is 19.1 Å². The number of aromatic nitrogens is 2. The molecule has 0 bridgehead atoms. The Balaban J connectivity index is 1.67. The minimum Gasteiger partial charge on any atom is -0.497 e. The number of ether oxygens (including phenoxy) is 2. The molecule has 0 unspecified atom stereocenters. The van der Waals surface area contributed by atoms with Crippen LogP contribution in [0.15, 0.2) is 41.8 Å². The SMILES string of the molecule is COc1ccc(/C=C/C(=O)Nc2nnc(-c3cccs3)s2)c(OC)c1. The van der Waals surface area contributed by atoms with E-state index in [0.29, 0.717) is 16.6 Å². The van der Waals surface area contributed by atoms with Gasteiger partial charge in [0.15, 0.2) is 5.01 Å². The quantitative estimate of drug-likeness (QED) is 0.663. The summed E-state index contributed by atoms with van der Waals surface area (Å²) >= 11 is 2.91. The average Bonchev–Trinajstić information content (AvgIpc) is 3.31. The zero-order valence-electron chi connectivity index (χ0n) is 13.6. The van der Waals surface area contributed by atoms with E-state index < -0.39 is 0 Å². The van der Waals surface area contributed by atoms with Crippen LogP contribution in [0.4, 0.5) is 5.13 Å². The average molecular weight is 373 g/mol. The normalized spacial score (nSPS) is 10.8. The number of hydrogen-bond acceptors (Lipinski definition) is 7. The zero-order chi connectivity index (χ0) is 17.6. The van der Waals surface area contributed by atoms with Crippen LogP contribution in [0.3, 0.4) is 0 Å². The van der Waals surface area contributed by atoms with E-state index in [4.69, 9.17) is 9.47 Å². The number of benzene rings is 1. The minimum atomic E-state index is -0.285. The minimum absolute atomic E-state index is 0.285. The number of nitrogens with one attached hydrogen (secondary N) is 1. The van der Waals surface area contributed by atoms with Crippen molar-refractivity contribution in [3.63, 3.8) is 0 Å². The van der Waals surface area contributed by atoms with Crippen molar-refractivity contribution in [3.05, 3.63) is 47.4 Å². The molecule has 0 aliphatic heterocycles. The first-order chi connectivity index (χ1) is 12.2. The Morgan fingerprint density at radius 3 is 2.80 bits per heavy atom. The summed E-state index contributed by atoms with van der Waals surface area (Å²) in [4.78, 5) is 13.1. The highest BCUT2D eigenvalue weighted by Gasteiger charge is 2.09. The fourth-order valence-corrected chi connectivity index (χ4v) is 3.58. The third-order valence-corrected chi connectivity index (χ3v) is 5.12. The van der Waals surface area contributed by atoms with Crippen LogP contribution in [-0.4, -0.2) is 30.3 Å². The molecule has 0 atom stereocenters. The third kappa shape index (κ3) is 4.23. The molecule has 0 radical (unpaired) electrons. The summed E-state index contributed by atoms with van der Waals surface area (Å²) in [5, 5.41) is 14.0. The van der Waals surface area contributed by atoms with Gasteiger partial charge in [-0.2, -0.15) is 0 Å². The van der Waals surface area contributed by atoms with Crippen LogP contribution in [0.5, 0.6) is 11.5 Å². The van der Waals surface area contributed by atoms with Crippen molar-refractivity contribution in [2.45, 2.75) is 0 Å². The standard InChI is InChI=1S/C17H15N3O3S2/c1-22-12-7-5-11(13(10-12)23-2)6-8-15(21)18-17-20-19-16(25-17)14-4-3-9-24-14/h3-10H,1-2H3,(H,18,20,21)/b8-6+. The molecule has 3 aromatic rings. The summed E-state index contributed by atoms with van der Waals surface area (Å²) in [6.45, 7) is 0. The molecule has 8 heteroatoms. The van der Waals surface area contributed by atoms with Gasteiger partial charge in [-0.15, -0.1) is 21.5 Å². The summed E-state index contributed by atoms with van der Waals surface area (Å²) in [6, 6.07) is 9.30. The highest BCUT2D eigenvalue weighted by Crippen LogP contribution is 2.30. The summed E-state index contributed by atoms with van der Waals surface area (Å²) in [7, 11) is 3.16. The molecule has 3 rings (SSSR count). The van der Waals surface area contributed by atoms with E-state index in [1.54, 1.807) is 43.8 Å². The van der Waals surface area contributed by atoms with Crippen LogP contribution in [0.1, 0.15) is 5.56 Å². The van der Waals surface area contributed by atoms with E-state index in [0.717, 1.165) is 15.4 Å². The van der Waals surface area contributed by atoms with Gasteiger partial charge in [0.1, 0.15) is 11.5 Å². The van der Waals surface area contributed by atoms with Gasteiger partial charge in [0.2, 0.25) is 11.0 Å². The fourth-order valence-electron chi connectivity index (χ4n) is 2.04. The molecule has 2 aromatic heterocycles. The molecule has 0 saturated heterocycles. The Morgan fingerprint density at radius 1 is 1.20 bits per heavy atom. The van der Waals surface area contributed by atoms with E-state index in [2.05, 4.69) is 15.5 Å². The van der Waals surface area contributed by atoms with Gasteiger partial charge >= 0.3 is 0 Å². The van der Waals surface area contributed by atoms with Crippen molar-refractivity contribution in [1.82, 2.24) is 10.2 Å². The Hall–Kier alpha value is -2.71. The van der Waals surface area contributed by atoms with Gasteiger partial charge in [-0.05, 0) is 29.7 Å². The summed E-state index contributed by atoms with van der Waals surface area (Å²) in [5.41, 5.74) is 0.773. The maximum atomic E-state index is 12.1. The molecule has 0 spiro atoms. The molecule has 0 aliphatic carbocycles. The smallest absolute Gasteiger partial charge is 0.250 e. The van der Waals surface area contributed by atoms with Crippen LogP contribution in [0, 0.1) is 0 Å². The third-order valence-electron chi connectivity index (χ3n) is 3.24. The number of nitrogens with zero attached hydrogens (tertiary/aromatic N) is 2. The Morgan fingerprint density at radius 2 is 2.08 bits per heavy atom. The second-order valence-corrected chi connectivity index (χ2v) is 6.75. The van der Waals surface area contributed by atoms with Crippen LogP contribution in [0.25, 0.3) is 16.0 Å². The van der Waals surface area contributed by atoms with E-state index in [1.165, 1.54) is 17.4 Å². The predicted octanol–water partition coefficient (Wildman–Crippen LogP) is 3.94. The predicted molar refractivity (Wildman–Crippen MR) is 100 cm³/mol. The lowest BCUT2D eigenvalue weighted by Gasteiger charge is -2.07. The number of anilines is 1. The highest BCUT2D eigenvalue weighted by molar-refractivity contribution is 7.23. The van der Waals surface area contributed by atoms with Gasteiger partial charge in [-0.1, -0.05) is 17.4 Å². The molecular weight excluding hydrogens is 358 g/mol. The number of carbonyl (C=O) groups is 1. The van der Waals surface area contributed by atoms with Gasteiger partial charge < -0.3 is 9.47 Å². The second-order valence-electron chi connectivity index (χ2n) is 4.82. The lowest BCUT2D eigenvalue weighted by molar-refractivity contribution is -0.111. The summed E-state index contributed by atoms with van der Waals surface area (Å²) in [5.74, 6) is 1.03. The highest BCUT2D eigenvalue weighted by atomic mass is 32.1. The first-order valence-electron chi connectivity index (χ1n) is 7.28. The zero-order valence-corrected chi connectivity index (χ0v) is 15.2. The first kappa shape index (κ1) is 17.1. The van der Waals surface area contributed by atoms with Crippen molar-refractivity contribution in [3.8, 4) is 21.4 Å². The number of amides is 1. The van der Waals surface area contributed by atoms with Gasteiger partial charge in [-0.3, -0.25) is 10.1 Å². The van der Waals surface area contributed by atoms with Crippen LogP contribution in [0.2, 0.25) is 0 Å². The van der Waals surface area contributed by atoms with Crippen molar-refractivity contribution < 1.29 is 14.3 Å². The number of hydrogen-bond donors (Lipinski definition) is 1. The van der Waals surface area contributed by atoms with Crippen molar-refractivity contribution in [2.24, 2.45) is 0 Å². The first-order valence-corrected chi connectivity index (χ1v) is 8.97.